The van der Waals surface area contributed by atoms with Gasteiger partial charge in [0.25, 0.3) is 0 Å². The number of thiophene rings is 1. The van der Waals surface area contributed by atoms with Crippen LogP contribution in [0, 0.1) is 0 Å². The van der Waals surface area contributed by atoms with Crippen LogP contribution in [0.15, 0.2) is 60.1 Å². The van der Waals surface area contributed by atoms with Gasteiger partial charge in [0.05, 0.1) is 17.2 Å². The van der Waals surface area contributed by atoms with E-state index in [9.17, 15) is 4.79 Å². The largest absolute Gasteiger partial charge is 0.367 e. The van der Waals surface area contributed by atoms with E-state index in [1.54, 1.807) is 17.5 Å². The number of hydrogen-bond donors (Lipinski definition) is 0. The van der Waals surface area contributed by atoms with Crippen molar-refractivity contribution in [3.63, 3.8) is 0 Å². The van der Waals surface area contributed by atoms with Gasteiger partial charge >= 0.3 is 0 Å². The summed E-state index contributed by atoms with van der Waals surface area (Å²) in [5.74, 6) is 0.752. The second kappa shape index (κ2) is 8.95. The Labute approximate surface area is 168 Å². The fourth-order valence-corrected chi connectivity index (χ4v) is 3.84. The molecule has 1 fully saturated rings. The van der Waals surface area contributed by atoms with Crippen LogP contribution in [0.5, 0.6) is 0 Å². The Bertz CT molecular complexity index is 894. The average Bonchev–Trinajstić information content (AvgIpc) is 3.30. The van der Waals surface area contributed by atoms with E-state index >= 15 is 0 Å². The van der Waals surface area contributed by atoms with Gasteiger partial charge in [0.2, 0.25) is 11.9 Å². The molecule has 2 aromatic heterocycles. The molecule has 0 aliphatic carbocycles. The molecule has 7 heteroatoms. The molecule has 3 heterocycles. The molecule has 1 aliphatic heterocycles. The molecule has 0 radical (unpaired) electrons. The molecule has 0 atom stereocenters. The molecule has 0 spiro atoms. The lowest BCUT2D eigenvalue weighted by atomic mass is 10.2. The zero-order chi connectivity index (χ0) is 19.2. The third kappa shape index (κ3) is 4.55. The Hall–Kier alpha value is -2.77. The van der Waals surface area contributed by atoms with Crippen LogP contribution in [0.1, 0.15) is 5.56 Å². The van der Waals surface area contributed by atoms with Crippen LogP contribution in [-0.4, -0.2) is 53.6 Å². The van der Waals surface area contributed by atoms with Crippen molar-refractivity contribution in [2.75, 3.05) is 37.7 Å². The smallest absolute Gasteiger partial charge is 0.248 e. The molecule has 1 aromatic carbocycles. The number of anilines is 1. The van der Waals surface area contributed by atoms with Crippen molar-refractivity contribution in [1.82, 2.24) is 14.9 Å². The molecule has 0 bridgehead atoms. The van der Waals surface area contributed by atoms with Crippen LogP contribution in [0.4, 0.5) is 5.95 Å². The first kappa shape index (κ1) is 18.6. The summed E-state index contributed by atoms with van der Waals surface area (Å²) in [5, 5.41) is 2.04. The van der Waals surface area contributed by atoms with Gasteiger partial charge in [0.1, 0.15) is 6.61 Å². The van der Waals surface area contributed by atoms with Crippen LogP contribution in [0.2, 0.25) is 0 Å². The molecule has 0 unspecified atom stereocenters. The highest BCUT2D eigenvalue weighted by Gasteiger charge is 2.22. The molecular formula is C21H22N4O2S. The number of hydrogen-bond acceptors (Lipinski definition) is 6. The standard InChI is InChI=1S/C21H22N4O2S/c26-20(16-27-15-17-5-2-1-3-6-17)24-10-12-25(13-11-24)21-22-9-8-18(23-21)19-7-4-14-28-19/h1-9,14H,10-13,15-16H2. The number of rotatable bonds is 6. The summed E-state index contributed by atoms with van der Waals surface area (Å²) in [6.07, 6.45) is 1.80. The zero-order valence-electron chi connectivity index (χ0n) is 15.5. The summed E-state index contributed by atoms with van der Waals surface area (Å²) in [4.78, 5) is 26.6. The quantitative estimate of drug-likeness (QED) is 0.643. The molecule has 3 aromatic rings. The molecule has 28 heavy (non-hydrogen) atoms. The normalized spacial score (nSPS) is 14.3. The highest BCUT2D eigenvalue weighted by atomic mass is 32.1. The van der Waals surface area contributed by atoms with Crippen molar-refractivity contribution >= 4 is 23.2 Å². The number of ether oxygens (including phenoxy) is 1. The number of piperazine rings is 1. The lowest BCUT2D eigenvalue weighted by molar-refractivity contribution is -0.136. The first-order chi connectivity index (χ1) is 13.8. The van der Waals surface area contributed by atoms with Gasteiger partial charge < -0.3 is 14.5 Å². The summed E-state index contributed by atoms with van der Waals surface area (Å²) < 4.78 is 5.57. The van der Waals surface area contributed by atoms with Gasteiger partial charge in [-0.1, -0.05) is 36.4 Å². The van der Waals surface area contributed by atoms with E-state index in [0.717, 1.165) is 35.2 Å². The number of benzene rings is 1. The first-order valence-corrected chi connectivity index (χ1v) is 10.2. The van der Waals surface area contributed by atoms with Gasteiger partial charge in [-0.15, -0.1) is 11.3 Å². The van der Waals surface area contributed by atoms with Gasteiger partial charge in [-0.3, -0.25) is 4.79 Å². The number of amides is 1. The van der Waals surface area contributed by atoms with E-state index in [0.29, 0.717) is 19.7 Å². The van der Waals surface area contributed by atoms with E-state index in [1.807, 2.05) is 52.7 Å². The molecule has 6 nitrogen and oxygen atoms in total. The van der Waals surface area contributed by atoms with Crippen molar-refractivity contribution in [3.8, 4) is 10.6 Å². The van der Waals surface area contributed by atoms with E-state index in [-0.39, 0.29) is 12.5 Å². The minimum atomic E-state index is 0.0313. The number of aromatic nitrogens is 2. The van der Waals surface area contributed by atoms with Crippen LogP contribution in [0.25, 0.3) is 10.6 Å². The van der Waals surface area contributed by atoms with Crippen molar-refractivity contribution in [3.05, 3.63) is 65.7 Å². The third-order valence-electron chi connectivity index (χ3n) is 4.67. The minimum Gasteiger partial charge on any atom is -0.367 e. The van der Waals surface area contributed by atoms with Gasteiger partial charge in [-0.2, -0.15) is 0 Å². The maximum Gasteiger partial charge on any atom is 0.248 e. The third-order valence-corrected chi connectivity index (χ3v) is 5.56. The predicted molar refractivity (Wildman–Crippen MR) is 110 cm³/mol. The number of carbonyl (C=O) groups excluding carboxylic acids is 1. The highest BCUT2D eigenvalue weighted by Crippen LogP contribution is 2.24. The molecule has 1 amide bonds. The fourth-order valence-electron chi connectivity index (χ4n) is 3.14. The molecule has 1 saturated heterocycles. The predicted octanol–water partition coefficient (Wildman–Crippen LogP) is 3.07. The maximum atomic E-state index is 12.4. The minimum absolute atomic E-state index is 0.0313. The van der Waals surface area contributed by atoms with Crippen molar-refractivity contribution in [1.29, 1.82) is 0 Å². The lowest BCUT2D eigenvalue weighted by Gasteiger charge is -2.34. The summed E-state index contributed by atoms with van der Waals surface area (Å²) in [6, 6.07) is 15.9. The molecule has 144 valence electrons. The molecular weight excluding hydrogens is 372 g/mol. The van der Waals surface area contributed by atoms with Crippen LogP contribution < -0.4 is 4.90 Å². The Kier molecular flexibility index (Phi) is 5.94. The summed E-state index contributed by atoms with van der Waals surface area (Å²) in [7, 11) is 0. The monoisotopic (exact) mass is 394 g/mol. The molecule has 1 aliphatic rings. The van der Waals surface area contributed by atoms with E-state index in [2.05, 4.69) is 20.9 Å². The molecule has 0 N–H and O–H groups in total. The highest BCUT2D eigenvalue weighted by molar-refractivity contribution is 7.13. The van der Waals surface area contributed by atoms with E-state index in [1.165, 1.54) is 0 Å². The van der Waals surface area contributed by atoms with Crippen LogP contribution in [-0.2, 0) is 16.1 Å². The van der Waals surface area contributed by atoms with Crippen LogP contribution in [0.3, 0.4) is 0 Å². The second-order valence-corrected chi connectivity index (χ2v) is 7.51. The molecule has 0 saturated carbocycles. The Morgan fingerprint density at radius 2 is 1.86 bits per heavy atom. The Morgan fingerprint density at radius 3 is 2.61 bits per heavy atom. The van der Waals surface area contributed by atoms with Gasteiger partial charge in [0.15, 0.2) is 0 Å². The summed E-state index contributed by atoms with van der Waals surface area (Å²) in [6.45, 7) is 3.31. The Balaban J connectivity index is 1.27. The SMILES string of the molecule is O=C(COCc1ccccc1)N1CCN(c2nccc(-c3cccs3)n2)CC1. The maximum absolute atomic E-state index is 12.4. The zero-order valence-corrected chi connectivity index (χ0v) is 16.3. The summed E-state index contributed by atoms with van der Waals surface area (Å²) >= 11 is 1.67. The Morgan fingerprint density at radius 1 is 1.04 bits per heavy atom. The number of nitrogens with zero attached hydrogens (tertiary/aromatic N) is 4. The van der Waals surface area contributed by atoms with Crippen LogP contribution >= 0.6 is 11.3 Å². The van der Waals surface area contributed by atoms with Crippen molar-refractivity contribution in [2.24, 2.45) is 0 Å². The van der Waals surface area contributed by atoms with Gasteiger partial charge in [0, 0.05) is 32.4 Å². The van der Waals surface area contributed by atoms with E-state index in [4.69, 9.17) is 4.74 Å². The number of carbonyl (C=O) groups is 1. The van der Waals surface area contributed by atoms with Gasteiger partial charge in [-0.25, -0.2) is 9.97 Å². The average molecular weight is 395 g/mol. The second-order valence-electron chi connectivity index (χ2n) is 6.57. The first-order valence-electron chi connectivity index (χ1n) is 9.31. The lowest BCUT2D eigenvalue weighted by Crippen LogP contribution is -2.50. The molecule has 4 rings (SSSR count). The topological polar surface area (TPSA) is 58.6 Å². The van der Waals surface area contributed by atoms with Gasteiger partial charge in [-0.05, 0) is 23.1 Å². The van der Waals surface area contributed by atoms with Crippen molar-refractivity contribution < 1.29 is 9.53 Å². The summed E-state index contributed by atoms with van der Waals surface area (Å²) in [5.41, 5.74) is 2.01. The van der Waals surface area contributed by atoms with E-state index < -0.39 is 0 Å². The fraction of sp³-hybridized carbons (Fsp3) is 0.286. The van der Waals surface area contributed by atoms with Crippen molar-refractivity contribution in [2.45, 2.75) is 6.61 Å².